The van der Waals surface area contributed by atoms with E-state index in [1.54, 1.807) is 6.20 Å². The van der Waals surface area contributed by atoms with Crippen LogP contribution in [0.4, 0.5) is 0 Å². The van der Waals surface area contributed by atoms with Crippen molar-refractivity contribution in [3.8, 4) is 0 Å². The number of hydrogen-bond donors (Lipinski definition) is 1. The molecule has 1 aromatic heterocycles. The summed E-state index contributed by atoms with van der Waals surface area (Å²) >= 11 is 0. The number of rotatable bonds is 4. The summed E-state index contributed by atoms with van der Waals surface area (Å²) < 4.78 is 0. The second-order valence-electron chi connectivity index (χ2n) is 8.29. The van der Waals surface area contributed by atoms with E-state index in [4.69, 9.17) is 0 Å². The third-order valence-corrected chi connectivity index (χ3v) is 6.37. The maximum atomic E-state index is 12.9. The zero-order valence-corrected chi connectivity index (χ0v) is 15.5. The quantitative estimate of drug-likeness (QED) is 0.903. The van der Waals surface area contributed by atoms with E-state index in [2.05, 4.69) is 34.1 Å². The maximum Gasteiger partial charge on any atom is 0.254 e. The number of hydrogen-bond acceptors (Lipinski definition) is 4. The number of benzene rings is 1. The molecular weight excluding hydrogens is 338 g/mol. The molecule has 2 aliphatic heterocycles. The molecule has 27 heavy (non-hydrogen) atoms. The Labute approximate surface area is 159 Å². The first kappa shape index (κ1) is 16.9. The summed E-state index contributed by atoms with van der Waals surface area (Å²) in [5.74, 6) is 0.0352. The maximum absolute atomic E-state index is 12.9. The first-order valence-electron chi connectivity index (χ1n) is 9.86. The molecule has 0 radical (unpaired) electrons. The van der Waals surface area contributed by atoms with Crippen LogP contribution in [-0.4, -0.2) is 58.1 Å². The number of β-amino-alcohol motifs (C(OH)–C–C–N with tert-alkyl or cyclic N) is 1. The van der Waals surface area contributed by atoms with Crippen molar-refractivity contribution in [1.82, 2.24) is 14.8 Å². The van der Waals surface area contributed by atoms with Crippen molar-refractivity contribution < 1.29 is 9.90 Å². The first-order chi connectivity index (χ1) is 13.1. The van der Waals surface area contributed by atoms with E-state index < -0.39 is 6.10 Å². The van der Waals surface area contributed by atoms with Gasteiger partial charge in [-0.3, -0.25) is 14.7 Å². The molecule has 5 heteroatoms. The lowest BCUT2D eigenvalue weighted by Crippen LogP contribution is -2.49. The van der Waals surface area contributed by atoms with Crippen LogP contribution in [0.5, 0.6) is 0 Å². The van der Waals surface area contributed by atoms with Crippen LogP contribution in [0.2, 0.25) is 0 Å². The average Bonchev–Trinajstić information content (AvgIpc) is 3.46. The Hall–Kier alpha value is -2.24. The van der Waals surface area contributed by atoms with Crippen LogP contribution in [0.15, 0.2) is 42.7 Å². The van der Waals surface area contributed by atoms with E-state index in [0.29, 0.717) is 19.6 Å². The van der Waals surface area contributed by atoms with E-state index in [0.717, 1.165) is 43.5 Å². The highest BCUT2D eigenvalue weighted by molar-refractivity contribution is 5.97. The highest BCUT2D eigenvalue weighted by Gasteiger charge is 2.51. The minimum atomic E-state index is -0.529. The van der Waals surface area contributed by atoms with Gasteiger partial charge in [0, 0.05) is 56.1 Å². The van der Waals surface area contributed by atoms with Crippen LogP contribution in [0, 0.1) is 0 Å². The molecule has 1 atom stereocenters. The molecule has 0 bridgehead atoms. The van der Waals surface area contributed by atoms with Gasteiger partial charge in [0.25, 0.3) is 5.91 Å². The Bertz CT molecular complexity index is 877. The van der Waals surface area contributed by atoms with Crippen molar-refractivity contribution >= 4 is 5.91 Å². The number of fused-ring (bicyclic) bond motifs is 3. The van der Waals surface area contributed by atoms with Gasteiger partial charge in [-0.05, 0) is 42.0 Å². The van der Waals surface area contributed by atoms with Gasteiger partial charge in [-0.25, -0.2) is 0 Å². The molecule has 3 aliphatic rings. The molecule has 2 aromatic rings. The lowest BCUT2D eigenvalue weighted by molar-refractivity contribution is 0.0459. The van der Waals surface area contributed by atoms with Crippen LogP contribution >= 0.6 is 0 Å². The molecular formula is C22H25N3O2. The summed E-state index contributed by atoms with van der Waals surface area (Å²) in [5, 5.41) is 10.7. The van der Waals surface area contributed by atoms with Gasteiger partial charge in [0.1, 0.15) is 0 Å². The van der Waals surface area contributed by atoms with Crippen molar-refractivity contribution in [2.75, 3.05) is 26.2 Å². The van der Waals surface area contributed by atoms with Crippen molar-refractivity contribution in [1.29, 1.82) is 0 Å². The van der Waals surface area contributed by atoms with Crippen LogP contribution in [0.25, 0.3) is 0 Å². The van der Waals surface area contributed by atoms with E-state index in [-0.39, 0.29) is 11.3 Å². The van der Waals surface area contributed by atoms with Crippen molar-refractivity contribution in [2.24, 2.45) is 0 Å². The Balaban J connectivity index is 1.26. The molecule has 1 saturated carbocycles. The number of aliphatic hydroxyl groups excluding tert-OH is 1. The smallest absolute Gasteiger partial charge is 0.254 e. The van der Waals surface area contributed by atoms with Crippen molar-refractivity contribution in [2.45, 2.75) is 37.3 Å². The fourth-order valence-corrected chi connectivity index (χ4v) is 4.74. The number of aromatic nitrogens is 1. The molecule has 1 fully saturated rings. The molecule has 1 aliphatic carbocycles. The number of aliphatic hydroxyl groups is 1. The lowest BCUT2D eigenvalue weighted by atomic mass is 9.88. The molecule has 0 unspecified atom stereocenters. The van der Waals surface area contributed by atoms with Crippen molar-refractivity contribution in [3.05, 3.63) is 65.0 Å². The number of carbonyl (C=O) groups is 1. The Morgan fingerprint density at radius 3 is 2.78 bits per heavy atom. The number of nitrogens with zero attached hydrogens (tertiary/aromatic N) is 3. The third-order valence-electron chi connectivity index (χ3n) is 6.37. The summed E-state index contributed by atoms with van der Waals surface area (Å²) in [4.78, 5) is 21.3. The minimum absolute atomic E-state index is 0.0352. The summed E-state index contributed by atoms with van der Waals surface area (Å²) in [6.07, 6.45) is 6.26. The first-order valence-corrected chi connectivity index (χ1v) is 9.86. The highest BCUT2D eigenvalue weighted by Crippen LogP contribution is 2.52. The predicted molar refractivity (Wildman–Crippen MR) is 102 cm³/mol. The SMILES string of the molecule is O=C1c2ccncc2C2(CC2)CN1C[C@H](O)CN1CCc2ccccc2C1. The van der Waals surface area contributed by atoms with Gasteiger partial charge in [-0.15, -0.1) is 0 Å². The molecule has 3 heterocycles. The second-order valence-corrected chi connectivity index (χ2v) is 8.29. The monoisotopic (exact) mass is 363 g/mol. The average molecular weight is 363 g/mol. The van der Waals surface area contributed by atoms with Gasteiger partial charge >= 0.3 is 0 Å². The Kier molecular flexibility index (Phi) is 4.02. The molecule has 5 rings (SSSR count). The molecule has 1 N–H and O–H groups in total. The van der Waals surface area contributed by atoms with Gasteiger partial charge in [0.15, 0.2) is 0 Å². The van der Waals surface area contributed by atoms with Crippen LogP contribution in [0.1, 0.15) is 39.9 Å². The van der Waals surface area contributed by atoms with Crippen LogP contribution in [-0.2, 0) is 18.4 Å². The summed E-state index contributed by atoms with van der Waals surface area (Å²) in [6, 6.07) is 10.4. The lowest BCUT2D eigenvalue weighted by Gasteiger charge is -2.37. The van der Waals surface area contributed by atoms with Crippen LogP contribution in [0.3, 0.4) is 0 Å². The van der Waals surface area contributed by atoms with E-state index in [1.807, 2.05) is 17.2 Å². The molecule has 1 spiro atoms. The topological polar surface area (TPSA) is 56.7 Å². The molecule has 140 valence electrons. The van der Waals surface area contributed by atoms with E-state index in [9.17, 15) is 9.90 Å². The molecule has 0 saturated heterocycles. The predicted octanol–water partition coefficient (Wildman–Crippen LogP) is 1.99. The third kappa shape index (κ3) is 3.05. The number of amides is 1. The Morgan fingerprint density at radius 1 is 1.15 bits per heavy atom. The highest BCUT2D eigenvalue weighted by atomic mass is 16.3. The minimum Gasteiger partial charge on any atom is -0.390 e. The summed E-state index contributed by atoms with van der Waals surface area (Å²) in [6.45, 7) is 3.55. The van der Waals surface area contributed by atoms with Crippen LogP contribution < -0.4 is 0 Å². The zero-order valence-electron chi connectivity index (χ0n) is 15.5. The van der Waals surface area contributed by atoms with Gasteiger partial charge < -0.3 is 10.0 Å². The molecule has 1 aromatic carbocycles. The van der Waals surface area contributed by atoms with Gasteiger partial charge in [-0.1, -0.05) is 24.3 Å². The zero-order chi connectivity index (χ0) is 18.4. The van der Waals surface area contributed by atoms with Gasteiger partial charge in [-0.2, -0.15) is 0 Å². The molecule has 1 amide bonds. The van der Waals surface area contributed by atoms with Crippen molar-refractivity contribution in [3.63, 3.8) is 0 Å². The molecule has 5 nitrogen and oxygen atoms in total. The fraction of sp³-hybridized carbons (Fsp3) is 0.455. The van der Waals surface area contributed by atoms with E-state index >= 15 is 0 Å². The fourth-order valence-electron chi connectivity index (χ4n) is 4.74. The Morgan fingerprint density at radius 2 is 1.96 bits per heavy atom. The summed E-state index contributed by atoms with van der Waals surface area (Å²) in [7, 11) is 0. The van der Waals surface area contributed by atoms with Gasteiger partial charge in [0.05, 0.1) is 6.10 Å². The largest absolute Gasteiger partial charge is 0.390 e. The van der Waals surface area contributed by atoms with Gasteiger partial charge in [0.2, 0.25) is 0 Å². The second kappa shape index (κ2) is 6.43. The normalized spacial score (nSPS) is 21.7. The number of carbonyl (C=O) groups excluding carboxylic acids is 1. The van der Waals surface area contributed by atoms with E-state index in [1.165, 1.54) is 11.1 Å². The summed E-state index contributed by atoms with van der Waals surface area (Å²) in [5.41, 5.74) is 4.72. The number of pyridine rings is 1. The standard InChI is InChI=1S/C22H25N3O2/c26-18(13-24-10-6-16-3-1-2-4-17(16)12-24)14-25-15-22(7-8-22)20-11-23-9-5-19(20)21(25)27/h1-5,9,11,18,26H,6-8,10,12-15H2/t18-/m1/s1.